The monoisotopic (exact) mass is 271 g/mol. The van der Waals surface area contributed by atoms with Crippen LogP contribution in [0, 0.1) is 0 Å². The van der Waals surface area contributed by atoms with Gasteiger partial charge < -0.3 is 15.7 Å². The zero-order valence-corrected chi connectivity index (χ0v) is 10.9. The van der Waals surface area contributed by atoms with E-state index in [4.69, 9.17) is 5.73 Å². The Bertz CT molecular complexity index is 544. The summed E-state index contributed by atoms with van der Waals surface area (Å²) in [6.45, 7) is 1.08. The van der Waals surface area contributed by atoms with Gasteiger partial charge in [-0.05, 0) is 31.7 Å². The molecule has 4 N–H and O–H groups in total. The number of nitrogen functional groups attached to an aromatic ring is 1. The zero-order chi connectivity index (χ0) is 13.3. The fourth-order valence-corrected chi connectivity index (χ4v) is 3.06. The predicted octanol–water partition coefficient (Wildman–Crippen LogP) is -0.252. The summed E-state index contributed by atoms with van der Waals surface area (Å²) in [5, 5.41) is 9.53. The van der Waals surface area contributed by atoms with Crippen LogP contribution >= 0.6 is 0 Å². The molecule has 0 radical (unpaired) electrons. The molecular weight excluding hydrogens is 254 g/mol. The minimum absolute atomic E-state index is 0.152. The molecule has 2 rings (SSSR count). The minimum atomic E-state index is -3.56. The summed E-state index contributed by atoms with van der Waals surface area (Å²) >= 11 is 0. The molecule has 0 amide bonds. The average Bonchev–Trinajstić information content (AvgIpc) is 2.75. The van der Waals surface area contributed by atoms with Crippen molar-refractivity contribution in [2.24, 2.45) is 0 Å². The lowest BCUT2D eigenvalue weighted by Gasteiger charge is -2.21. The molecule has 1 fully saturated rings. The Labute approximate surface area is 106 Å². The number of nitrogens with two attached hydrogens (primary N) is 1. The van der Waals surface area contributed by atoms with Crippen LogP contribution in [0.4, 0.5) is 11.4 Å². The fraction of sp³-hybridized carbons (Fsp3) is 0.455. The normalized spacial score (nSPS) is 20.3. The van der Waals surface area contributed by atoms with Crippen molar-refractivity contribution in [1.29, 1.82) is 0 Å². The first-order valence-electron chi connectivity index (χ1n) is 5.70. The molecule has 0 spiro atoms. The maximum Gasteiger partial charge on any atom is 0.242 e. The van der Waals surface area contributed by atoms with E-state index in [0.717, 1.165) is 0 Å². The van der Waals surface area contributed by atoms with Crippen molar-refractivity contribution < 1.29 is 13.5 Å². The number of nitrogens with zero attached hydrogens (tertiary/aromatic N) is 1. The van der Waals surface area contributed by atoms with E-state index in [1.165, 1.54) is 13.1 Å². The molecule has 1 heterocycles. The largest absolute Gasteiger partial charge is 0.399 e. The van der Waals surface area contributed by atoms with Crippen LogP contribution < -0.4 is 15.4 Å². The topological polar surface area (TPSA) is 95.7 Å². The summed E-state index contributed by atoms with van der Waals surface area (Å²) in [5.41, 5.74) is 6.62. The zero-order valence-electron chi connectivity index (χ0n) is 10.1. The maximum atomic E-state index is 12.0. The van der Waals surface area contributed by atoms with Crippen LogP contribution in [-0.2, 0) is 10.0 Å². The van der Waals surface area contributed by atoms with Crippen molar-refractivity contribution in [1.82, 2.24) is 4.72 Å². The molecule has 7 heteroatoms. The lowest BCUT2D eigenvalue weighted by Crippen LogP contribution is -2.26. The Kier molecular flexibility index (Phi) is 3.47. The molecule has 1 unspecified atom stereocenters. The molecule has 100 valence electrons. The number of β-amino-alcohol motifs (C(OH)–C–C–N with tert-alkyl or cyclic N) is 1. The van der Waals surface area contributed by atoms with Crippen LogP contribution in [0.3, 0.4) is 0 Å². The average molecular weight is 271 g/mol. The van der Waals surface area contributed by atoms with E-state index in [1.54, 1.807) is 12.1 Å². The van der Waals surface area contributed by atoms with Gasteiger partial charge in [0, 0.05) is 18.8 Å². The van der Waals surface area contributed by atoms with Gasteiger partial charge in [0.1, 0.15) is 4.90 Å². The van der Waals surface area contributed by atoms with E-state index in [1.807, 2.05) is 4.90 Å². The first-order chi connectivity index (χ1) is 8.44. The lowest BCUT2D eigenvalue weighted by molar-refractivity contribution is 0.198. The van der Waals surface area contributed by atoms with Crippen molar-refractivity contribution >= 4 is 21.4 Å². The number of hydrogen-bond acceptors (Lipinski definition) is 5. The summed E-state index contributed by atoms with van der Waals surface area (Å²) < 4.78 is 26.2. The number of benzene rings is 1. The number of aliphatic hydroxyl groups excluding tert-OH is 1. The van der Waals surface area contributed by atoms with E-state index in [2.05, 4.69) is 4.72 Å². The van der Waals surface area contributed by atoms with Gasteiger partial charge >= 0.3 is 0 Å². The van der Waals surface area contributed by atoms with E-state index >= 15 is 0 Å². The van der Waals surface area contributed by atoms with Gasteiger partial charge in [0.2, 0.25) is 10.0 Å². The maximum absolute atomic E-state index is 12.0. The molecule has 0 aromatic heterocycles. The second-order valence-corrected chi connectivity index (χ2v) is 6.18. The first kappa shape index (κ1) is 13.1. The number of nitrogens with one attached hydrogen (secondary N) is 1. The van der Waals surface area contributed by atoms with Crippen LogP contribution in [0.5, 0.6) is 0 Å². The number of hydrogen-bond donors (Lipinski definition) is 3. The van der Waals surface area contributed by atoms with E-state index in [0.29, 0.717) is 30.9 Å². The minimum Gasteiger partial charge on any atom is -0.399 e. The SMILES string of the molecule is CNS(=O)(=O)c1cc(N)ccc1N1CCC(O)C1. The highest BCUT2D eigenvalue weighted by atomic mass is 32.2. The molecule has 1 aromatic rings. The van der Waals surface area contributed by atoms with Crippen LogP contribution in [0.2, 0.25) is 0 Å². The summed E-state index contributed by atoms with van der Waals surface area (Å²) in [6.07, 6.45) is 0.233. The summed E-state index contributed by atoms with van der Waals surface area (Å²) in [6, 6.07) is 4.78. The third-order valence-corrected chi connectivity index (χ3v) is 4.49. The highest BCUT2D eigenvalue weighted by Gasteiger charge is 2.26. The smallest absolute Gasteiger partial charge is 0.242 e. The molecule has 1 saturated heterocycles. The Balaban J connectivity index is 2.48. The van der Waals surface area contributed by atoms with Gasteiger partial charge in [-0.25, -0.2) is 13.1 Å². The summed E-state index contributed by atoms with van der Waals surface area (Å²) in [7, 11) is -2.20. The Morgan fingerprint density at radius 3 is 2.78 bits per heavy atom. The van der Waals surface area contributed by atoms with Crippen LogP contribution in [0.25, 0.3) is 0 Å². The Morgan fingerprint density at radius 2 is 2.22 bits per heavy atom. The molecule has 18 heavy (non-hydrogen) atoms. The van der Waals surface area contributed by atoms with Crippen molar-refractivity contribution in [2.75, 3.05) is 30.8 Å². The molecule has 0 saturated carbocycles. The predicted molar refractivity (Wildman–Crippen MR) is 69.9 cm³/mol. The molecule has 1 atom stereocenters. The Morgan fingerprint density at radius 1 is 1.50 bits per heavy atom. The molecular formula is C11H17N3O3S. The number of rotatable bonds is 3. The van der Waals surface area contributed by atoms with Crippen LogP contribution in [0.1, 0.15) is 6.42 Å². The highest BCUT2D eigenvalue weighted by molar-refractivity contribution is 7.89. The second kappa shape index (κ2) is 4.75. The molecule has 0 bridgehead atoms. The van der Waals surface area contributed by atoms with Gasteiger partial charge in [-0.15, -0.1) is 0 Å². The van der Waals surface area contributed by atoms with Crippen molar-refractivity contribution in [3.8, 4) is 0 Å². The fourth-order valence-electron chi connectivity index (χ4n) is 2.08. The van der Waals surface area contributed by atoms with Crippen LogP contribution in [-0.4, -0.2) is 39.8 Å². The van der Waals surface area contributed by atoms with Gasteiger partial charge in [-0.2, -0.15) is 0 Å². The van der Waals surface area contributed by atoms with E-state index < -0.39 is 16.1 Å². The quantitative estimate of drug-likeness (QED) is 0.659. The lowest BCUT2D eigenvalue weighted by atomic mass is 10.2. The molecule has 6 nitrogen and oxygen atoms in total. The summed E-state index contributed by atoms with van der Waals surface area (Å²) in [4.78, 5) is 2.01. The van der Waals surface area contributed by atoms with Gasteiger partial charge in [0.25, 0.3) is 0 Å². The standard InChI is InChI=1S/C11H17N3O3S/c1-13-18(16,17)11-6-8(12)2-3-10(11)14-5-4-9(15)7-14/h2-3,6,9,13,15H,4-5,7,12H2,1H3. The van der Waals surface area contributed by atoms with Crippen molar-refractivity contribution in [2.45, 2.75) is 17.4 Å². The molecule has 1 aliphatic rings. The van der Waals surface area contributed by atoms with Gasteiger partial charge in [-0.1, -0.05) is 0 Å². The number of aliphatic hydroxyl groups is 1. The first-order valence-corrected chi connectivity index (χ1v) is 7.18. The molecule has 0 aliphatic carbocycles. The van der Waals surface area contributed by atoms with E-state index in [9.17, 15) is 13.5 Å². The molecule has 1 aliphatic heterocycles. The van der Waals surface area contributed by atoms with Crippen LogP contribution in [0.15, 0.2) is 23.1 Å². The van der Waals surface area contributed by atoms with Crippen molar-refractivity contribution in [3.63, 3.8) is 0 Å². The third kappa shape index (κ3) is 2.43. The van der Waals surface area contributed by atoms with Gasteiger partial charge in [0.05, 0.1) is 11.8 Å². The highest BCUT2D eigenvalue weighted by Crippen LogP contribution is 2.29. The Hall–Kier alpha value is -1.31. The number of sulfonamides is 1. The third-order valence-electron chi connectivity index (χ3n) is 3.05. The number of anilines is 2. The van der Waals surface area contributed by atoms with Gasteiger partial charge in [-0.3, -0.25) is 0 Å². The molecule has 1 aromatic carbocycles. The van der Waals surface area contributed by atoms with Gasteiger partial charge in [0.15, 0.2) is 0 Å². The van der Waals surface area contributed by atoms with Crippen molar-refractivity contribution in [3.05, 3.63) is 18.2 Å². The summed E-state index contributed by atoms with van der Waals surface area (Å²) in [5.74, 6) is 0. The van der Waals surface area contributed by atoms with E-state index in [-0.39, 0.29) is 4.90 Å². The second-order valence-electron chi connectivity index (χ2n) is 4.32.